The number of nitrogens with one attached hydrogen (secondary N) is 1. The molecule has 8 aromatic carbocycles. The molecule has 0 radical (unpaired) electrons. The van der Waals surface area contributed by atoms with E-state index < -0.39 is 41.1 Å². The fourth-order valence-corrected chi connectivity index (χ4v) is 8.12. The van der Waals surface area contributed by atoms with Crippen LogP contribution in [0.3, 0.4) is 0 Å². The Bertz CT molecular complexity index is 3580. The van der Waals surface area contributed by atoms with Crippen molar-refractivity contribution in [3.8, 4) is 55.8 Å². The van der Waals surface area contributed by atoms with Gasteiger partial charge in [-0.05, 0) is 137 Å². The van der Waals surface area contributed by atoms with Gasteiger partial charge in [0.15, 0.2) is 5.78 Å². The standard InChI is InChI=1S/C30H19F4NO2.C15H11F3O.C14H8FNO2/c1-17-27(29(36)37)25-16-22(20-8-13-24(31)14-9-20)10-15-26(25)35-28(17)21-4-2-18(3-5-21)19-6-11-23(12-7-19)30(32,33)34;1-10(19)11-2-4-12(5-3-11)13-6-8-14(9-7-13)15(16,17)18;15-10-4-1-8(2-5-10)9-3-6-12-11(7-9)13(17)14(18)16-12/h2-16H,1H3,(H,36,37);2-9H,1H3;1-7H,(H,16,17,18). The number of amides is 1. The lowest BCUT2D eigenvalue weighted by Gasteiger charge is -2.14. The molecule has 0 saturated heterocycles. The van der Waals surface area contributed by atoms with Gasteiger partial charge in [-0.15, -0.1) is 0 Å². The highest BCUT2D eigenvalue weighted by Crippen LogP contribution is 2.36. The molecular formula is C59H38F8N2O5. The van der Waals surface area contributed by atoms with Gasteiger partial charge in [-0.3, -0.25) is 14.4 Å². The van der Waals surface area contributed by atoms with Crippen molar-refractivity contribution in [3.63, 3.8) is 0 Å². The summed E-state index contributed by atoms with van der Waals surface area (Å²) in [7, 11) is 0. The first-order valence-corrected chi connectivity index (χ1v) is 22.4. The van der Waals surface area contributed by atoms with Crippen LogP contribution in [0.2, 0.25) is 0 Å². The second-order valence-corrected chi connectivity index (χ2v) is 16.9. The number of pyridine rings is 1. The summed E-state index contributed by atoms with van der Waals surface area (Å²) >= 11 is 0. The van der Waals surface area contributed by atoms with Crippen LogP contribution in [0.5, 0.6) is 0 Å². The first-order valence-electron chi connectivity index (χ1n) is 22.4. The van der Waals surface area contributed by atoms with Crippen molar-refractivity contribution >= 4 is 40.0 Å². The molecule has 0 atom stereocenters. The molecule has 370 valence electrons. The Morgan fingerprint density at radius 2 is 0.878 bits per heavy atom. The van der Waals surface area contributed by atoms with Crippen LogP contribution in [0.15, 0.2) is 182 Å². The molecule has 1 aliphatic rings. The normalized spacial score (nSPS) is 12.0. The van der Waals surface area contributed by atoms with E-state index in [0.717, 1.165) is 57.6 Å². The molecule has 0 saturated carbocycles. The first kappa shape index (κ1) is 51.3. The van der Waals surface area contributed by atoms with E-state index in [1.165, 1.54) is 55.5 Å². The first-order chi connectivity index (χ1) is 35.1. The number of halogens is 8. The Hall–Kier alpha value is -9.11. The van der Waals surface area contributed by atoms with Crippen LogP contribution in [-0.4, -0.2) is 33.5 Å². The number of rotatable bonds is 7. The molecule has 1 aliphatic heterocycles. The van der Waals surface area contributed by atoms with Crippen LogP contribution in [0.1, 0.15) is 54.7 Å². The molecule has 10 rings (SSSR count). The van der Waals surface area contributed by atoms with E-state index in [0.29, 0.717) is 55.7 Å². The minimum Gasteiger partial charge on any atom is -0.478 e. The Morgan fingerprint density at radius 1 is 0.500 bits per heavy atom. The monoisotopic (exact) mass is 1010 g/mol. The van der Waals surface area contributed by atoms with Gasteiger partial charge in [0.25, 0.3) is 11.7 Å². The van der Waals surface area contributed by atoms with E-state index in [-0.39, 0.29) is 23.0 Å². The number of anilines is 1. The Morgan fingerprint density at radius 3 is 1.32 bits per heavy atom. The molecule has 15 heteroatoms. The Balaban J connectivity index is 0.000000165. The number of hydrogen-bond donors (Lipinski definition) is 2. The highest BCUT2D eigenvalue weighted by molar-refractivity contribution is 6.51. The van der Waals surface area contributed by atoms with Crippen LogP contribution in [0.4, 0.5) is 40.8 Å². The number of ketones is 2. The topological polar surface area (TPSA) is 113 Å². The van der Waals surface area contributed by atoms with Crippen molar-refractivity contribution in [2.24, 2.45) is 0 Å². The van der Waals surface area contributed by atoms with E-state index in [1.807, 2.05) is 0 Å². The second-order valence-electron chi connectivity index (χ2n) is 16.9. The van der Waals surface area contributed by atoms with Gasteiger partial charge < -0.3 is 10.4 Å². The summed E-state index contributed by atoms with van der Waals surface area (Å²) in [5, 5.41) is 13.0. The minimum atomic E-state index is -4.40. The third-order valence-corrected chi connectivity index (χ3v) is 12.1. The molecule has 0 aliphatic carbocycles. The molecule has 1 aromatic heterocycles. The van der Waals surface area contributed by atoms with Gasteiger partial charge in [0.05, 0.1) is 39.2 Å². The lowest BCUT2D eigenvalue weighted by molar-refractivity contribution is -0.138. The molecular weight excluding hydrogens is 969 g/mol. The van der Waals surface area contributed by atoms with Crippen molar-refractivity contribution in [1.82, 2.24) is 4.98 Å². The number of fused-ring (bicyclic) bond motifs is 2. The molecule has 0 spiro atoms. The molecule has 2 heterocycles. The lowest BCUT2D eigenvalue weighted by atomic mass is 9.94. The van der Waals surface area contributed by atoms with E-state index in [9.17, 15) is 59.4 Å². The Kier molecular flexibility index (Phi) is 14.5. The number of hydrogen-bond acceptors (Lipinski definition) is 5. The van der Waals surface area contributed by atoms with Crippen LogP contribution in [0.25, 0.3) is 66.7 Å². The van der Waals surface area contributed by atoms with Crippen molar-refractivity contribution in [2.75, 3.05) is 5.32 Å². The van der Waals surface area contributed by atoms with Gasteiger partial charge in [0.1, 0.15) is 11.6 Å². The van der Waals surface area contributed by atoms with Crippen molar-refractivity contribution < 1.29 is 59.4 Å². The zero-order chi connectivity index (χ0) is 53.1. The number of carboxylic acids is 1. The number of benzene rings is 8. The summed E-state index contributed by atoms with van der Waals surface area (Å²) in [4.78, 5) is 50.9. The van der Waals surface area contributed by atoms with E-state index in [1.54, 1.807) is 116 Å². The summed E-state index contributed by atoms with van der Waals surface area (Å²) < 4.78 is 102. The zero-order valence-electron chi connectivity index (χ0n) is 38.9. The predicted octanol–water partition coefficient (Wildman–Crippen LogP) is 15.6. The fraction of sp³-hybridized carbons (Fsp3) is 0.0678. The number of nitrogens with zero attached hydrogens (tertiary/aromatic N) is 1. The summed E-state index contributed by atoms with van der Waals surface area (Å²) in [5.74, 6) is -2.95. The predicted molar refractivity (Wildman–Crippen MR) is 266 cm³/mol. The second kappa shape index (κ2) is 20.9. The van der Waals surface area contributed by atoms with Gasteiger partial charge in [-0.2, -0.15) is 26.3 Å². The summed E-state index contributed by atoms with van der Waals surface area (Å²) in [6.07, 6.45) is -8.72. The number of aromatic nitrogens is 1. The highest BCUT2D eigenvalue weighted by atomic mass is 19.4. The average molecular weight is 1010 g/mol. The van der Waals surface area contributed by atoms with Gasteiger partial charge in [0, 0.05) is 16.5 Å². The maximum Gasteiger partial charge on any atom is 0.416 e. The fourth-order valence-electron chi connectivity index (χ4n) is 8.12. The van der Waals surface area contributed by atoms with Gasteiger partial charge >= 0.3 is 18.3 Å². The summed E-state index contributed by atoms with van der Waals surface area (Å²) in [6, 6.07) is 46.0. The third kappa shape index (κ3) is 11.5. The average Bonchev–Trinajstić information content (AvgIpc) is 3.67. The van der Waals surface area contributed by atoms with E-state index in [4.69, 9.17) is 4.98 Å². The molecule has 0 unspecified atom stereocenters. The molecule has 0 bridgehead atoms. The SMILES string of the molecule is CC(=O)c1ccc(-c2ccc(C(F)(F)F)cc2)cc1.Cc1c(-c2ccc(-c3ccc(C(F)(F)F)cc3)cc2)nc2ccc(-c3ccc(F)cc3)cc2c1C(=O)O.O=C1Nc2ccc(-c3ccc(F)cc3)cc2C1=O. The summed E-state index contributed by atoms with van der Waals surface area (Å²) in [5.41, 5.74) is 8.23. The van der Waals surface area contributed by atoms with Crippen LogP contribution < -0.4 is 5.32 Å². The number of carbonyl (C=O) groups is 4. The molecule has 7 nitrogen and oxygen atoms in total. The minimum absolute atomic E-state index is 0.0426. The largest absolute Gasteiger partial charge is 0.478 e. The lowest BCUT2D eigenvalue weighted by Crippen LogP contribution is -2.12. The van der Waals surface area contributed by atoms with Gasteiger partial charge in [0.2, 0.25) is 0 Å². The molecule has 9 aromatic rings. The van der Waals surface area contributed by atoms with E-state index >= 15 is 0 Å². The molecule has 2 N–H and O–H groups in total. The van der Waals surface area contributed by atoms with Crippen molar-refractivity contribution in [1.29, 1.82) is 0 Å². The quantitative estimate of drug-likeness (QED) is 0.0934. The number of carbonyl (C=O) groups excluding carboxylic acids is 3. The van der Waals surface area contributed by atoms with Crippen LogP contribution in [-0.2, 0) is 17.1 Å². The Labute approximate surface area is 417 Å². The smallest absolute Gasteiger partial charge is 0.416 e. The summed E-state index contributed by atoms with van der Waals surface area (Å²) in [6.45, 7) is 3.16. The highest BCUT2D eigenvalue weighted by Gasteiger charge is 2.31. The number of alkyl halides is 6. The van der Waals surface area contributed by atoms with Gasteiger partial charge in [-0.1, -0.05) is 109 Å². The zero-order valence-corrected chi connectivity index (χ0v) is 38.9. The number of carboxylic acid groups (broad SMARTS) is 1. The van der Waals surface area contributed by atoms with Crippen LogP contribution >= 0.6 is 0 Å². The molecule has 1 amide bonds. The maximum atomic E-state index is 13.3. The van der Waals surface area contributed by atoms with Crippen molar-refractivity contribution in [2.45, 2.75) is 26.2 Å². The van der Waals surface area contributed by atoms with E-state index in [2.05, 4.69) is 5.32 Å². The number of aromatic carboxylic acids is 1. The molecule has 74 heavy (non-hydrogen) atoms. The van der Waals surface area contributed by atoms with Gasteiger partial charge in [-0.25, -0.2) is 18.6 Å². The van der Waals surface area contributed by atoms with Crippen molar-refractivity contribution in [3.05, 3.63) is 227 Å². The number of Topliss-reactive ketones (excluding diaryl/α,β-unsaturated/α-hetero) is 2. The maximum absolute atomic E-state index is 13.3. The molecule has 0 fully saturated rings. The van der Waals surface area contributed by atoms with Crippen LogP contribution in [0, 0.1) is 18.6 Å². The third-order valence-electron chi connectivity index (χ3n) is 12.1.